The van der Waals surface area contributed by atoms with Crippen molar-refractivity contribution >= 4 is 0 Å². The van der Waals surface area contributed by atoms with Gasteiger partial charge in [-0.15, -0.1) is 0 Å². The van der Waals surface area contributed by atoms with Crippen molar-refractivity contribution in [3.63, 3.8) is 0 Å². The summed E-state index contributed by atoms with van der Waals surface area (Å²) in [6, 6.07) is 0. The molecular weight excluding hydrogens is 118 g/mol. The Labute approximate surface area is 54.3 Å². The van der Waals surface area contributed by atoms with Crippen LogP contribution in [-0.4, -0.2) is 22.7 Å². The Hall–Kier alpha value is -0.640. The third-order valence-electron chi connectivity index (χ3n) is 0.727. The maximum Gasteiger partial charge on any atom is 0.141 e. The first-order valence-electron chi connectivity index (χ1n) is 2.52. The molecule has 0 aromatic carbocycles. The highest BCUT2D eigenvalue weighted by Crippen LogP contribution is 1.85. The molecule has 9 heavy (non-hydrogen) atoms. The van der Waals surface area contributed by atoms with E-state index in [4.69, 9.17) is 10.2 Å². The molecule has 0 aromatic rings. The predicted octanol–water partition coefficient (Wildman–Crippen LogP) is -0.400. The fourth-order valence-corrected chi connectivity index (χ4v) is 0.278. The third kappa shape index (κ3) is 3.90. The van der Waals surface area contributed by atoms with E-state index >= 15 is 0 Å². The summed E-state index contributed by atoms with van der Waals surface area (Å²) in [7, 11) is 0. The number of hydrogen-bond acceptors (Lipinski definition) is 2. The maximum absolute atomic E-state index is 8.67. The van der Waals surface area contributed by atoms with Gasteiger partial charge in [0.15, 0.2) is 0 Å². The number of hydrogen-bond donors (Lipinski definition) is 2. The molecule has 0 heterocycles. The SMILES string of the molecule is C=CC(O)[N]C(O)C=C. The third-order valence-corrected chi connectivity index (χ3v) is 0.727. The van der Waals surface area contributed by atoms with Crippen molar-refractivity contribution in [1.82, 2.24) is 5.32 Å². The van der Waals surface area contributed by atoms with Crippen molar-refractivity contribution in [2.45, 2.75) is 12.5 Å². The van der Waals surface area contributed by atoms with Crippen LogP contribution in [0.1, 0.15) is 0 Å². The van der Waals surface area contributed by atoms with E-state index in [1.54, 1.807) is 0 Å². The van der Waals surface area contributed by atoms with Crippen LogP contribution in [0.4, 0.5) is 0 Å². The fourth-order valence-electron chi connectivity index (χ4n) is 0.278. The second kappa shape index (κ2) is 4.26. The van der Waals surface area contributed by atoms with Gasteiger partial charge in [0.2, 0.25) is 0 Å². The van der Waals surface area contributed by atoms with Crippen molar-refractivity contribution in [3.8, 4) is 0 Å². The lowest BCUT2D eigenvalue weighted by molar-refractivity contribution is 0.0897. The standard InChI is InChI=1S/C6H10NO2/c1-3-5(8)7-6(9)4-2/h3-6,8-9H,1-2H2. The minimum absolute atomic E-state index is 1.00. The number of aliphatic hydroxyl groups is 2. The summed E-state index contributed by atoms with van der Waals surface area (Å²) in [6.45, 7) is 6.52. The highest BCUT2D eigenvalue weighted by atomic mass is 16.3. The molecule has 51 valence electrons. The molecule has 3 heteroatoms. The van der Waals surface area contributed by atoms with E-state index in [9.17, 15) is 0 Å². The molecule has 0 bridgehead atoms. The minimum Gasteiger partial charge on any atom is -0.373 e. The van der Waals surface area contributed by atoms with Crippen LogP contribution < -0.4 is 5.32 Å². The van der Waals surface area contributed by atoms with Gasteiger partial charge in [0.1, 0.15) is 12.5 Å². The molecule has 0 aliphatic rings. The smallest absolute Gasteiger partial charge is 0.141 e. The maximum atomic E-state index is 8.67. The van der Waals surface area contributed by atoms with Gasteiger partial charge in [-0.3, -0.25) is 0 Å². The highest BCUT2D eigenvalue weighted by Gasteiger charge is 2.02. The molecule has 2 unspecified atom stereocenters. The van der Waals surface area contributed by atoms with Gasteiger partial charge in [0, 0.05) is 0 Å². The molecule has 1 radical (unpaired) electrons. The van der Waals surface area contributed by atoms with Crippen molar-refractivity contribution < 1.29 is 10.2 Å². The molecule has 0 fully saturated rings. The molecule has 0 saturated carbocycles. The van der Waals surface area contributed by atoms with Crippen molar-refractivity contribution in [1.29, 1.82) is 0 Å². The highest BCUT2D eigenvalue weighted by molar-refractivity contribution is 4.82. The molecule has 0 amide bonds. The van der Waals surface area contributed by atoms with E-state index in [-0.39, 0.29) is 0 Å². The van der Waals surface area contributed by atoms with Gasteiger partial charge in [-0.05, 0) is 12.2 Å². The second-order valence-corrected chi connectivity index (χ2v) is 1.45. The van der Waals surface area contributed by atoms with Gasteiger partial charge in [-0.25, -0.2) is 0 Å². The summed E-state index contributed by atoms with van der Waals surface area (Å²) in [5, 5.41) is 20.7. The van der Waals surface area contributed by atoms with Crippen LogP contribution >= 0.6 is 0 Å². The Morgan fingerprint density at radius 2 is 1.44 bits per heavy atom. The Morgan fingerprint density at radius 3 is 1.67 bits per heavy atom. The van der Waals surface area contributed by atoms with Gasteiger partial charge in [-0.1, -0.05) is 13.2 Å². The zero-order valence-corrected chi connectivity index (χ0v) is 5.07. The van der Waals surface area contributed by atoms with Crippen molar-refractivity contribution in [2.75, 3.05) is 0 Å². The summed E-state index contributed by atoms with van der Waals surface area (Å²) in [6.07, 6.45) is 0.426. The van der Waals surface area contributed by atoms with Crippen LogP contribution in [0.2, 0.25) is 0 Å². The van der Waals surface area contributed by atoms with Crippen LogP contribution in [-0.2, 0) is 0 Å². The first-order valence-corrected chi connectivity index (χ1v) is 2.52. The van der Waals surface area contributed by atoms with Crippen molar-refractivity contribution in [2.24, 2.45) is 0 Å². The van der Waals surface area contributed by atoms with Gasteiger partial charge >= 0.3 is 0 Å². The lowest BCUT2D eigenvalue weighted by Crippen LogP contribution is -2.27. The Balaban J connectivity index is 3.45. The zero-order valence-electron chi connectivity index (χ0n) is 5.07. The second-order valence-electron chi connectivity index (χ2n) is 1.45. The topological polar surface area (TPSA) is 54.6 Å². The summed E-state index contributed by atoms with van der Waals surface area (Å²) in [4.78, 5) is 0. The van der Waals surface area contributed by atoms with E-state index in [0.29, 0.717) is 0 Å². The van der Waals surface area contributed by atoms with E-state index in [2.05, 4.69) is 18.5 Å². The monoisotopic (exact) mass is 128 g/mol. The largest absolute Gasteiger partial charge is 0.373 e. The molecule has 3 nitrogen and oxygen atoms in total. The van der Waals surface area contributed by atoms with E-state index < -0.39 is 12.5 Å². The van der Waals surface area contributed by atoms with Gasteiger partial charge in [0.05, 0.1) is 0 Å². The average Bonchev–Trinajstić information content (AvgIpc) is 1.87. The van der Waals surface area contributed by atoms with Crippen LogP contribution in [0.15, 0.2) is 25.3 Å². The number of aliphatic hydroxyl groups excluding tert-OH is 2. The predicted molar refractivity (Wildman–Crippen MR) is 34.5 cm³/mol. The molecule has 0 aliphatic heterocycles. The van der Waals surface area contributed by atoms with E-state index in [1.807, 2.05) is 0 Å². The molecule has 2 N–H and O–H groups in total. The molecular formula is C6H10NO2. The number of nitrogens with zero attached hydrogens (tertiary/aromatic N) is 1. The van der Waals surface area contributed by atoms with Crippen LogP contribution in [0.25, 0.3) is 0 Å². The molecule has 0 rings (SSSR count). The molecule has 0 saturated heterocycles. The van der Waals surface area contributed by atoms with Crippen LogP contribution in [0, 0.1) is 0 Å². The lowest BCUT2D eigenvalue weighted by atomic mass is 10.5. The Kier molecular flexibility index (Phi) is 3.96. The molecule has 0 aliphatic carbocycles. The zero-order chi connectivity index (χ0) is 7.28. The molecule has 0 spiro atoms. The summed E-state index contributed by atoms with van der Waals surface area (Å²) in [5.74, 6) is 0. The van der Waals surface area contributed by atoms with E-state index in [1.165, 1.54) is 12.2 Å². The molecule has 0 aromatic heterocycles. The average molecular weight is 128 g/mol. The van der Waals surface area contributed by atoms with Crippen LogP contribution in [0.3, 0.4) is 0 Å². The first-order chi connectivity index (χ1) is 4.20. The van der Waals surface area contributed by atoms with Gasteiger partial charge in [-0.2, -0.15) is 5.32 Å². The van der Waals surface area contributed by atoms with Gasteiger partial charge in [0.25, 0.3) is 0 Å². The minimum atomic E-state index is -1.00. The Bertz CT molecular complexity index is 91.2. The first kappa shape index (κ1) is 8.36. The summed E-state index contributed by atoms with van der Waals surface area (Å²) < 4.78 is 0. The van der Waals surface area contributed by atoms with Crippen molar-refractivity contribution in [3.05, 3.63) is 25.3 Å². The fraction of sp³-hybridized carbons (Fsp3) is 0.333. The summed E-state index contributed by atoms with van der Waals surface area (Å²) >= 11 is 0. The lowest BCUT2D eigenvalue weighted by Gasteiger charge is -2.07. The van der Waals surface area contributed by atoms with E-state index in [0.717, 1.165) is 0 Å². The Morgan fingerprint density at radius 1 is 1.11 bits per heavy atom. The summed E-state index contributed by atoms with van der Waals surface area (Å²) in [5.41, 5.74) is 0. The number of rotatable bonds is 4. The quantitative estimate of drug-likeness (QED) is 0.506. The molecule has 2 atom stereocenters. The van der Waals surface area contributed by atoms with Crippen LogP contribution in [0.5, 0.6) is 0 Å². The van der Waals surface area contributed by atoms with Gasteiger partial charge < -0.3 is 10.2 Å². The normalized spacial score (nSPS) is 16.2.